The molecule has 0 amide bonds. The lowest BCUT2D eigenvalue weighted by Gasteiger charge is -2.15. The summed E-state index contributed by atoms with van der Waals surface area (Å²) in [5, 5.41) is 26.0. The van der Waals surface area contributed by atoms with Crippen LogP contribution in [0.2, 0.25) is 0 Å². The predicted octanol–water partition coefficient (Wildman–Crippen LogP) is 3.68. The first-order valence-corrected chi connectivity index (χ1v) is 7.95. The van der Waals surface area contributed by atoms with E-state index in [1.807, 2.05) is 30.3 Å². The molecule has 1 aliphatic rings. The van der Waals surface area contributed by atoms with E-state index in [4.69, 9.17) is 4.74 Å². The molecule has 2 aromatic carbocycles. The van der Waals surface area contributed by atoms with Gasteiger partial charge in [-0.15, -0.1) is 0 Å². The monoisotopic (exact) mass is 356 g/mol. The fraction of sp³-hybridized carbons (Fsp3) is 0.235. The maximum absolute atomic E-state index is 11.1. The standard InChI is InChI=1S/C17H16N4O5/c22-20(23)14-6-7-15(16(10-14)21(24)25)19-18-11-13-8-9-26-17(13)12-4-2-1-3-5-12/h1-7,10-11,13,17,19H,8-9H2/b18-11+. The Hall–Kier alpha value is -3.33. The molecule has 0 saturated carbocycles. The summed E-state index contributed by atoms with van der Waals surface area (Å²) in [7, 11) is 0. The van der Waals surface area contributed by atoms with Crippen LogP contribution in [0.4, 0.5) is 17.1 Å². The second-order valence-corrected chi connectivity index (χ2v) is 5.76. The van der Waals surface area contributed by atoms with Crippen molar-refractivity contribution >= 4 is 23.3 Å². The van der Waals surface area contributed by atoms with Crippen molar-refractivity contribution in [3.8, 4) is 0 Å². The van der Waals surface area contributed by atoms with Crippen molar-refractivity contribution in [1.29, 1.82) is 0 Å². The third kappa shape index (κ3) is 3.83. The molecule has 1 aliphatic heterocycles. The summed E-state index contributed by atoms with van der Waals surface area (Å²) in [6, 6.07) is 13.1. The molecule has 134 valence electrons. The van der Waals surface area contributed by atoms with Crippen LogP contribution in [0, 0.1) is 26.1 Å². The van der Waals surface area contributed by atoms with Gasteiger partial charge in [-0.25, -0.2) is 0 Å². The van der Waals surface area contributed by atoms with Crippen molar-refractivity contribution in [3.63, 3.8) is 0 Å². The maximum atomic E-state index is 11.1. The van der Waals surface area contributed by atoms with Crippen molar-refractivity contribution in [1.82, 2.24) is 0 Å². The van der Waals surface area contributed by atoms with Crippen LogP contribution in [-0.2, 0) is 4.74 Å². The van der Waals surface area contributed by atoms with Gasteiger partial charge in [-0.1, -0.05) is 30.3 Å². The summed E-state index contributed by atoms with van der Waals surface area (Å²) < 4.78 is 5.76. The molecule has 2 atom stereocenters. The van der Waals surface area contributed by atoms with E-state index in [-0.39, 0.29) is 23.4 Å². The molecule has 1 saturated heterocycles. The SMILES string of the molecule is O=[N+]([O-])c1ccc(N/N=C/C2CCOC2c2ccccc2)c([N+](=O)[O-])c1. The molecular formula is C17H16N4O5. The van der Waals surface area contributed by atoms with Gasteiger partial charge in [-0.3, -0.25) is 25.7 Å². The van der Waals surface area contributed by atoms with Crippen LogP contribution in [0.3, 0.4) is 0 Å². The zero-order valence-electron chi connectivity index (χ0n) is 13.6. The molecule has 2 unspecified atom stereocenters. The number of hydrogen-bond donors (Lipinski definition) is 1. The number of nitro groups is 2. The van der Waals surface area contributed by atoms with Gasteiger partial charge in [0.2, 0.25) is 0 Å². The second kappa shape index (κ2) is 7.70. The number of benzene rings is 2. The maximum Gasteiger partial charge on any atom is 0.301 e. The molecule has 3 rings (SSSR count). The summed E-state index contributed by atoms with van der Waals surface area (Å²) in [4.78, 5) is 20.5. The summed E-state index contributed by atoms with van der Waals surface area (Å²) >= 11 is 0. The average Bonchev–Trinajstić information content (AvgIpc) is 3.11. The highest BCUT2D eigenvalue weighted by Gasteiger charge is 2.28. The lowest BCUT2D eigenvalue weighted by atomic mass is 9.97. The predicted molar refractivity (Wildman–Crippen MR) is 95.1 cm³/mol. The molecule has 2 aromatic rings. The van der Waals surface area contributed by atoms with Gasteiger partial charge < -0.3 is 4.74 Å². The minimum atomic E-state index is -0.684. The number of hydrazone groups is 1. The first-order valence-electron chi connectivity index (χ1n) is 7.95. The number of nitrogens with one attached hydrogen (secondary N) is 1. The Morgan fingerprint density at radius 2 is 1.88 bits per heavy atom. The molecule has 1 fully saturated rings. The van der Waals surface area contributed by atoms with E-state index in [2.05, 4.69) is 10.5 Å². The number of hydrogen-bond acceptors (Lipinski definition) is 7. The molecule has 26 heavy (non-hydrogen) atoms. The molecule has 9 nitrogen and oxygen atoms in total. The van der Waals surface area contributed by atoms with Crippen LogP contribution in [-0.4, -0.2) is 22.7 Å². The van der Waals surface area contributed by atoms with Gasteiger partial charge in [0, 0.05) is 24.8 Å². The van der Waals surface area contributed by atoms with Gasteiger partial charge in [-0.05, 0) is 18.1 Å². The summed E-state index contributed by atoms with van der Waals surface area (Å²) in [5.74, 6) is 0.0296. The van der Waals surface area contributed by atoms with Crippen molar-refractivity contribution in [2.24, 2.45) is 11.0 Å². The van der Waals surface area contributed by atoms with Crippen LogP contribution < -0.4 is 5.43 Å². The van der Waals surface area contributed by atoms with Crippen LogP contribution in [0.15, 0.2) is 53.6 Å². The molecule has 0 bridgehead atoms. The van der Waals surface area contributed by atoms with E-state index < -0.39 is 15.5 Å². The van der Waals surface area contributed by atoms with E-state index in [1.165, 1.54) is 12.1 Å². The Kier molecular flexibility index (Phi) is 5.18. The minimum Gasteiger partial charge on any atom is -0.373 e. The lowest BCUT2D eigenvalue weighted by Crippen LogP contribution is -2.10. The molecule has 9 heteroatoms. The highest BCUT2D eigenvalue weighted by molar-refractivity contribution is 5.68. The van der Waals surface area contributed by atoms with Gasteiger partial charge in [0.15, 0.2) is 0 Å². The molecule has 0 aliphatic carbocycles. The number of non-ortho nitro benzene ring substituents is 1. The lowest BCUT2D eigenvalue weighted by molar-refractivity contribution is -0.393. The number of nitro benzene ring substituents is 2. The summed E-state index contributed by atoms with van der Waals surface area (Å²) in [6.45, 7) is 0.605. The van der Waals surface area contributed by atoms with Gasteiger partial charge in [-0.2, -0.15) is 5.10 Å². The molecule has 0 spiro atoms. The topological polar surface area (TPSA) is 120 Å². The van der Waals surface area contributed by atoms with Gasteiger partial charge >= 0.3 is 5.69 Å². The number of anilines is 1. The van der Waals surface area contributed by atoms with Crippen molar-refractivity contribution in [2.45, 2.75) is 12.5 Å². The Bertz CT molecular complexity index is 840. The van der Waals surface area contributed by atoms with Crippen LogP contribution in [0.5, 0.6) is 0 Å². The largest absolute Gasteiger partial charge is 0.373 e. The number of ether oxygens (including phenoxy) is 1. The molecule has 1 N–H and O–H groups in total. The quantitative estimate of drug-likeness (QED) is 0.479. The Morgan fingerprint density at radius 1 is 1.12 bits per heavy atom. The molecule has 0 radical (unpaired) electrons. The van der Waals surface area contributed by atoms with E-state index in [0.717, 1.165) is 18.1 Å². The highest BCUT2D eigenvalue weighted by atomic mass is 16.6. The number of rotatable bonds is 6. The highest BCUT2D eigenvalue weighted by Crippen LogP contribution is 2.33. The average molecular weight is 356 g/mol. The van der Waals surface area contributed by atoms with E-state index in [9.17, 15) is 20.2 Å². The fourth-order valence-corrected chi connectivity index (χ4v) is 2.83. The minimum absolute atomic E-state index is 0.0296. The van der Waals surface area contributed by atoms with E-state index in [0.29, 0.717) is 6.61 Å². The zero-order valence-corrected chi connectivity index (χ0v) is 13.6. The third-order valence-corrected chi connectivity index (χ3v) is 4.11. The van der Waals surface area contributed by atoms with Crippen LogP contribution in [0.25, 0.3) is 0 Å². The smallest absolute Gasteiger partial charge is 0.301 e. The number of nitrogens with zero attached hydrogens (tertiary/aromatic N) is 3. The van der Waals surface area contributed by atoms with Crippen LogP contribution >= 0.6 is 0 Å². The Morgan fingerprint density at radius 3 is 2.58 bits per heavy atom. The van der Waals surface area contributed by atoms with E-state index in [1.54, 1.807) is 6.21 Å². The van der Waals surface area contributed by atoms with Gasteiger partial charge in [0.05, 0.1) is 22.0 Å². The first-order chi connectivity index (χ1) is 12.6. The molecule has 0 aromatic heterocycles. The van der Waals surface area contributed by atoms with Gasteiger partial charge in [0.1, 0.15) is 5.69 Å². The van der Waals surface area contributed by atoms with Crippen molar-refractivity contribution in [2.75, 3.05) is 12.0 Å². The summed E-state index contributed by atoms with van der Waals surface area (Å²) in [5.41, 5.74) is 2.99. The summed E-state index contributed by atoms with van der Waals surface area (Å²) in [6.07, 6.45) is 2.33. The fourth-order valence-electron chi connectivity index (χ4n) is 2.83. The van der Waals surface area contributed by atoms with Crippen molar-refractivity contribution < 1.29 is 14.6 Å². The van der Waals surface area contributed by atoms with E-state index >= 15 is 0 Å². The molecule has 1 heterocycles. The molecular weight excluding hydrogens is 340 g/mol. The first kappa shape index (κ1) is 17.5. The van der Waals surface area contributed by atoms with Gasteiger partial charge in [0.25, 0.3) is 5.69 Å². The zero-order chi connectivity index (χ0) is 18.5. The third-order valence-electron chi connectivity index (χ3n) is 4.11. The second-order valence-electron chi connectivity index (χ2n) is 5.76. The van der Waals surface area contributed by atoms with Crippen LogP contribution in [0.1, 0.15) is 18.1 Å². The Balaban J connectivity index is 1.74. The van der Waals surface area contributed by atoms with Crippen molar-refractivity contribution in [3.05, 3.63) is 74.3 Å². The normalized spacial score (nSPS) is 19.5. The Labute approximate surface area is 148 Å².